The molecule has 0 bridgehead atoms. The van der Waals surface area contributed by atoms with Crippen molar-refractivity contribution in [1.29, 1.82) is 0 Å². The summed E-state index contributed by atoms with van der Waals surface area (Å²) in [4.78, 5) is 26.5. The highest BCUT2D eigenvalue weighted by Gasteiger charge is 2.43. The number of carbonyl (C=O) groups excluding carboxylic acids is 2. The van der Waals surface area contributed by atoms with Crippen LogP contribution in [0, 0.1) is 11.7 Å². The number of urea groups is 1. The van der Waals surface area contributed by atoms with E-state index in [1.54, 1.807) is 4.90 Å². The van der Waals surface area contributed by atoms with Crippen molar-refractivity contribution in [3.05, 3.63) is 29.6 Å². The average molecular weight is 434 g/mol. The Balaban J connectivity index is 1.22. The fourth-order valence-corrected chi connectivity index (χ4v) is 4.20. The van der Waals surface area contributed by atoms with Gasteiger partial charge in [-0.25, -0.2) is 14.6 Å². The molecule has 3 N–H and O–H groups in total. The maximum atomic E-state index is 14.2. The summed E-state index contributed by atoms with van der Waals surface area (Å²) >= 11 is 0. The van der Waals surface area contributed by atoms with Gasteiger partial charge in [-0.3, -0.25) is 15.5 Å². The number of halogens is 1. The van der Waals surface area contributed by atoms with Crippen molar-refractivity contribution in [3.63, 3.8) is 0 Å². The molecule has 1 aliphatic carbocycles. The molecule has 0 atom stereocenters. The number of carbonyl (C=O) groups is 2. The second-order valence-corrected chi connectivity index (χ2v) is 9.04. The molecule has 0 spiro atoms. The Kier molecular flexibility index (Phi) is 6.74. The zero-order valence-corrected chi connectivity index (χ0v) is 18.1. The molecular weight excluding hydrogens is 401 g/mol. The predicted molar refractivity (Wildman–Crippen MR) is 114 cm³/mol. The normalized spacial score (nSPS) is 20.6. The Labute approximate surface area is 182 Å². The third-order valence-electron chi connectivity index (χ3n) is 6.16. The number of unbranched alkanes of at least 4 members (excludes halogenated alkanes) is 2. The van der Waals surface area contributed by atoms with E-state index < -0.39 is 0 Å². The van der Waals surface area contributed by atoms with Crippen LogP contribution >= 0.6 is 0 Å². The summed E-state index contributed by atoms with van der Waals surface area (Å²) in [5.41, 5.74) is 7.54. The van der Waals surface area contributed by atoms with Crippen molar-refractivity contribution in [1.82, 2.24) is 26.0 Å². The van der Waals surface area contributed by atoms with Gasteiger partial charge < -0.3 is 14.5 Å². The average Bonchev–Trinajstić information content (AvgIpc) is 3.48. The molecule has 3 amide bonds. The van der Waals surface area contributed by atoms with Crippen LogP contribution in [0.4, 0.5) is 9.18 Å². The van der Waals surface area contributed by atoms with E-state index in [0.717, 1.165) is 44.5 Å². The summed E-state index contributed by atoms with van der Waals surface area (Å²) in [5.74, 6) is 0.374. The van der Waals surface area contributed by atoms with E-state index in [0.29, 0.717) is 24.8 Å². The van der Waals surface area contributed by atoms with Crippen LogP contribution in [0.2, 0.25) is 0 Å². The first-order valence-electron chi connectivity index (χ1n) is 11.2. The van der Waals surface area contributed by atoms with E-state index in [4.69, 9.17) is 4.74 Å². The van der Waals surface area contributed by atoms with Gasteiger partial charge in [-0.05, 0) is 56.3 Å². The minimum Gasteiger partial charge on any atom is -0.490 e. The largest absolute Gasteiger partial charge is 0.490 e. The zero-order chi connectivity index (χ0) is 21.8. The van der Waals surface area contributed by atoms with E-state index in [1.807, 2.05) is 12.1 Å². The van der Waals surface area contributed by atoms with E-state index in [1.165, 1.54) is 18.9 Å². The van der Waals surface area contributed by atoms with Crippen LogP contribution < -0.4 is 20.9 Å². The molecular formula is C22H32FN5O3. The summed E-state index contributed by atoms with van der Waals surface area (Å²) < 4.78 is 19.9. The van der Waals surface area contributed by atoms with Gasteiger partial charge in [0.25, 0.3) is 0 Å². The van der Waals surface area contributed by atoms with Gasteiger partial charge in [0.2, 0.25) is 5.91 Å². The Morgan fingerprint density at radius 2 is 2.03 bits per heavy atom. The Morgan fingerprint density at radius 3 is 2.71 bits per heavy atom. The Morgan fingerprint density at radius 1 is 1.23 bits per heavy atom. The maximum absolute atomic E-state index is 14.2. The summed E-state index contributed by atoms with van der Waals surface area (Å²) in [6.45, 7) is 3.78. The van der Waals surface area contributed by atoms with E-state index in [9.17, 15) is 14.0 Å². The highest BCUT2D eigenvalue weighted by molar-refractivity contribution is 6.01. The highest BCUT2D eigenvalue weighted by Crippen LogP contribution is 2.35. The zero-order valence-electron chi connectivity index (χ0n) is 18.1. The number of hydrogen-bond acceptors (Lipinski definition) is 6. The number of imide groups is 1. The van der Waals surface area contributed by atoms with Crippen LogP contribution in [0.15, 0.2) is 18.2 Å². The van der Waals surface area contributed by atoms with Crippen LogP contribution in [0.3, 0.4) is 0 Å². The van der Waals surface area contributed by atoms with Crippen LogP contribution in [0.5, 0.6) is 5.75 Å². The molecule has 2 aliphatic heterocycles. The lowest BCUT2D eigenvalue weighted by Crippen LogP contribution is -2.68. The summed E-state index contributed by atoms with van der Waals surface area (Å²) in [5, 5.41) is 2.29. The molecule has 3 aliphatic rings. The molecule has 2 heterocycles. The Hall–Kier alpha value is -2.23. The van der Waals surface area contributed by atoms with E-state index in [2.05, 4.69) is 28.1 Å². The molecule has 2 saturated heterocycles. The second kappa shape index (κ2) is 9.50. The first kappa shape index (κ1) is 22.0. The Bertz CT molecular complexity index is 810. The van der Waals surface area contributed by atoms with Gasteiger partial charge >= 0.3 is 6.03 Å². The molecule has 1 aromatic carbocycles. The van der Waals surface area contributed by atoms with E-state index >= 15 is 0 Å². The van der Waals surface area contributed by atoms with Gasteiger partial charge in [-0.1, -0.05) is 12.5 Å². The van der Waals surface area contributed by atoms with Crippen molar-refractivity contribution in [3.8, 4) is 5.75 Å². The van der Waals surface area contributed by atoms with Gasteiger partial charge in [0.1, 0.15) is 6.54 Å². The summed E-state index contributed by atoms with van der Waals surface area (Å²) in [6, 6.07) is 4.88. The summed E-state index contributed by atoms with van der Waals surface area (Å²) in [6.07, 6.45) is 5.10. The number of hydrogen-bond donors (Lipinski definition) is 3. The third kappa shape index (κ3) is 5.53. The fourth-order valence-electron chi connectivity index (χ4n) is 4.20. The number of nitrogens with one attached hydrogen (secondary N) is 3. The summed E-state index contributed by atoms with van der Waals surface area (Å²) in [7, 11) is 2.06. The van der Waals surface area contributed by atoms with Crippen molar-refractivity contribution in [2.24, 2.45) is 5.92 Å². The monoisotopic (exact) mass is 433 g/mol. The molecule has 0 radical (unpaired) electrons. The van der Waals surface area contributed by atoms with Crippen LogP contribution in [-0.4, -0.2) is 68.1 Å². The number of likely N-dealkylation sites (tertiary alicyclic amines) is 1. The molecule has 3 fully saturated rings. The molecule has 4 rings (SSSR count). The maximum Gasteiger partial charge on any atom is 0.324 e. The van der Waals surface area contributed by atoms with Gasteiger partial charge in [0, 0.05) is 26.2 Å². The number of benzene rings is 1. The van der Waals surface area contributed by atoms with E-state index in [-0.39, 0.29) is 29.8 Å². The first-order valence-corrected chi connectivity index (χ1v) is 11.2. The van der Waals surface area contributed by atoms with Crippen molar-refractivity contribution in [2.45, 2.75) is 37.6 Å². The molecule has 0 unspecified atom stereocenters. The third-order valence-corrected chi connectivity index (χ3v) is 6.16. The lowest BCUT2D eigenvalue weighted by atomic mass is 9.83. The smallest absolute Gasteiger partial charge is 0.324 e. The van der Waals surface area contributed by atoms with Crippen LogP contribution in [0.1, 0.15) is 37.7 Å². The molecule has 31 heavy (non-hydrogen) atoms. The van der Waals surface area contributed by atoms with Crippen LogP contribution in [-0.2, 0) is 10.3 Å². The lowest BCUT2D eigenvalue weighted by molar-refractivity contribution is -0.118. The highest BCUT2D eigenvalue weighted by atomic mass is 19.1. The van der Waals surface area contributed by atoms with Gasteiger partial charge in [-0.2, -0.15) is 0 Å². The first-order chi connectivity index (χ1) is 14.9. The topological polar surface area (TPSA) is 85.9 Å². The molecule has 1 aromatic rings. The molecule has 8 nitrogen and oxygen atoms in total. The standard InChI is InChI=1S/C22H32FN5O3/c1-27-14-22(15-27,17-7-8-18(23)19(11-17)31-13-16-5-6-16)26-24-9-3-2-4-10-28-12-20(29)25-21(28)30/h7-8,11,16,24,26H,2-6,9-10,12-15H2,1H3,(H,25,29,30). The molecule has 1 saturated carbocycles. The number of rotatable bonds is 12. The minimum atomic E-state index is -0.312. The lowest BCUT2D eigenvalue weighted by Gasteiger charge is -2.49. The number of hydrazine groups is 1. The number of ether oxygens (including phenoxy) is 1. The number of nitrogens with zero attached hydrogens (tertiary/aromatic N) is 2. The van der Waals surface area contributed by atoms with Crippen molar-refractivity contribution >= 4 is 11.9 Å². The van der Waals surface area contributed by atoms with Crippen LogP contribution in [0.25, 0.3) is 0 Å². The van der Waals surface area contributed by atoms with Gasteiger partial charge in [-0.15, -0.1) is 0 Å². The number of likely N-dealkylation sites (N-methyl/N-ethyl adjacent to an activating group) is 1. The molecule has 9 heteroatoms. The second-order valence-electron chi connectivity index (χ2n) is 9.04. The number of amides is 3. The van der Waals surface area contributed by atoms with Crippen molar-refractivity contribution in [2.75, 3.05) is 46.4 Å². The SMILES string of the molecule is CN1CC(NNCCCCCN2CC(=O)NC2=O)(c2ccc(F)c(OCC3CC3)c2)C1. The quantitative estimate of drug-likeness (QED) is 0.264. The molecule has 0 aromatic heterocycles. The minimum absolute atomic E-state index is 0.165. The van der Waals surface area contributed by atoms with Gasteiger partial charge in [0.15, 0.2) is 11.6 Å². The van der Waals surface area contributed by atoms with Gasteiger partial charge in [0.05, 0.1) is 12.1 Å². The predicted octanol–water partition coefficient (Wildman–Crippen LogP) is 1.57. The molecule has 170 valence electrons. The fraction of sp³-hybridized carbons (Fsp3) is 0.636. The van der Waals surface area contributed by atoms with Crippen molar-refractivity contribution < 1.29 is 18.7 Å².